The van der Waals surface area contributed by atoms with Crippen LogP contribution < -0.4 is 10.1 Å². The van der Waals surface area contributed by atoms with Gasteiger partial charge in [-0.1, -0.05) is 35.3 Å². The third-order valence-electron chi connectivity index (χ3n) is 6.92. The third kappa shape index (κ3) is 7.94. The van der Waals surface area contributed by atoms with Crippen LogP contribution in [0.4, 0.5) is 30.7 Å². The summed E-state index contributed by atoms with van der Waals surface area (Å²) >= 11 is 12.6. The second kappa shape index (κ2) is 12.8. The second-order valence-corrected chi connectivity index (χ2v) is 11.3. The number of amides is 1. The van der Waals surface area contributed by atoms with Crippen molar-refractivity contribution in [2.45, 2.75) is 70.5 Å². The number of nitrogens with one attached hydrogen (secondary N) is 1. The van der Waals surface area contributed by atoms with Gasteiger partial charge in [0, 0.05) is 31.7 Å². The molecule has 0 radical (unpaired) electrons. The van der Waals surface area contributed by atoms with Crippen molar-refractivity contribution in [3.63, 3.8) is 0 Å². The zero-order valence-electron chi connectivity index (χ0n) is 22.3. The van der Waals surface area contributed by atoms with E-state index < -0.39 is 79.7 Å². The Hall–Kier alpha value is -2.86. The van der Waals surface area contributed by atoms with Gasteiger partial charge in [0.2, 0.25) is 0 Å². The molecule has 1 aliphatic carbocycles. The Balaban J connectivity index is 1.81. The van der Waals surface area contributed by atoms with E-state index in [1.165, 1.54) is 30.3 Å². The van der Waals surface area contributed by atoms with Gasteiger partial charge < -0.3 is 10.1 Å². The Bertz CT molecular complexity index is 1350. The number of carbonyl (C=O) groups is 3. The number of rotatable bonds is 12. The average molecular weight is 644 g/mol. The molecule has 14 heteroatoms. The molecule has 42 heavy (non-hydrogen) atoms. The number of hydrogen-bond acceptors (Lipinski definition) is 4. The quantitative estimate of drug-likeness (QED) is 0.190. The van der Waals surface area contributed by atoms with Gasteiger partial charge in [-0.15, -0.1) is 0 Å². The van der Waals surface area contributed by atoms with Crippen molar-refractivity contribution >= 4 is 40.7 Å². The highest BCUT2D eigenvalue weighted by molar-refractivity contribution is 6.40. The van der Waals surface area contributed by atoms with Gasteiger partial charge in [0.05, 0.1) is 21.2 Å². The summed E-state index contributed by atoms with van der Waals surface area (Å²) in [4.78, 5) is 38.3. The van der Waals surface area contributed by atoms with Crippen LogP contribution >= 0.6 is 23.2 Å². The molecule has 0 aromatic heterocycles. The molecule has 0 unspecified atom stereocenters. The van der Waals surface area contributed by atoms with Crippen molar-refractivity contribution in [3.8, 4) is 5.75 Å². The van der Waals surface area contributed by atoms with Crippen molar-refractivity contribution in [1.29, 1.82) is 0 Å². The molecular weight excluding hydrogens is 618 g/mol. The fraction of sp³-hybridized carbons (Fsp3) is 0.464. The number of ketones is 2. The van der Waals surface area contributed by atoms with Gasteiger partial charge >= 0.3 is 6.18 Å². The summed E-state index contributed by atoms with van der Waals surface area (Å²) in [7, 11) is 0. The van der Waals surface area contributed by atoms with Gasteiger partial charge in [0.15, 0.2) is 5.78 Å². The smallest absolute Gasteiger partial charge is 0.400 e. The summed E-state index contributed by atoms with van der Waals surface area (Å²) < 4.78 is 96.5. The Kier molecular flexibility index (Phi) is 10.2. The van der Waals surface area contributed by atoms with E-state index in [0.717, 1.165) is 13.8 Å². The highest BCUT2D eigenvalue weighted by Crippen LogP contribution is 2.40. The molecule has 0 spiro atoms. The second-order valence-electron chi connectivity index (χ2n) is 10.5. The topological polar surface area (TPSA) is 72.5 Å². The van der Waals surface area contributed by atoms with E-state index in [1.54, 1.807) is 0 Å². The van der Waals surface area contributed by atoms with E-state index in [0.29, 0.717) is 0 Å². The first-order valence-electron chi connectivity index (χ1n) is 12.6. The van der Waals surface area contributed by atoms with E-state index in [9.17, 15) is 45.1 Å². The maximum atomic E-state index is 13.2. The predicted octanol–water partition coefficient (Wildman–Crippen LogP) is 7.68. The number of aryl methyl sites for hydroxylation is 1. The number of carbonyl (C=O) groups excluding carboxylic acids is 3. The lowest BCUT2D eigenvalue weighted by Gasteiger charge is -2.35. The molecule has 230 valence electrons. The Morgan fingerprint density at radius 3 is 2.29 bits per heavy atom. The molecule has 1 saturated carbocycles. The van der Waals surface area contributed by atoms with E-state index >= 15 is 0 Å². The SMILES string of the molecule is CC(C)(C(=O)CCc1ccc(Cl)c(C(=O)Cc2ccc(OCC(F)F)c(C(=O)NC3CC(F)(F)C3)c2)c1Cl)C(F)(F)F. The van der Waals surface area contributed by atoms with E-state index in [-0.39, 0.29) is 44.5 Å². The van der Waals surface area contributed by atoms with Gasteiger partial charge in [-0.2, -0.15) is 13.2 Å². The number of hydrogen-bond donors (Lipinski definition) is 1. The highest BCUT2D eigenvalue weighted by atomic mass is 35.5. The third-order valence-corrected chi connectivity index (χ3v) is 7.67. The Labute approximate surface area is 246 Å². The molecule has 0 bridgehead atoms. The molecule has 0 aliphatic heterocycles. The van der Waals surface area contributed by atoms with Crippen molar-refractivity contribution in [2.24, 2.45) is 5.41 Å². The van der Waals surface area contributed by atoms with Gasteiger partial charge in [-0.05, 0) is 49.6 Å². The van der Waals surface area contributed by atoms with E-state index in [1.807, 2.05) is 0 Å². The summed E-state index contributed by atoms with van der Waals surface area (Å²) in [6.45, 7) is 0.502. The van der Waals surface area contributed by atoms with E-state index in [4.69, 9.17) is 27.9 Å². The van der Waals surface area contributed by atoms with E-state index in [2.05, 4.69) is 5.32 Å². The first kappa shape index (κ1) is 33.6. The lowest BCUT2D eigenvalue weighted by atomic mass is 9.84. The molecule has 1 N–H and O–H groups in total. The summed E-state index contributed by atoms with van der Waals surface area (Å²) in [5, 5.41) is 2.15. The lowest BCUT2D eigenvalue weighted by molar-refractivity contribution is -0.210. The highest BCUT2D eigenvalue weighted by Gasteiger charge is 2.52. The number of ether oxygens (including phenoxy) is 1. The molecule has 2 aromatic carbocycles. The normalized spacial score (nSPS) is 15.3. The van der Waals surface area contributed by atoms with Crippen LogP contribution in [0.1, 0.15) is 65.0 Å². The summed E-state index contributed by atoms with van der Waals surface area (Å²) in [5.41, 5.74) is -2.59. The molecule has 1 fully saturated rings. The number of halogens is 9. The molecule has 0 saturated heterocycles. The molecular formula is C28H26Cl2F7NO4. The monoisotopic (exact) mass is 643 g/mol. The van der Waals surface area contributed by atoms with Crippen molar-refractivity contribution in [2.75, 3.05) is 6.61 Å². The van der Waals surface area contributed by atoms with Gasteiger partial charge in [-0.3, -0.25) is 14.4 Å². The summed E-state index contributed by atoms with van der Waals surface area (Å²) in [5.74, 6) is -5.76. The standard InChI is InChI=1S/C28H26Cl2F7NO4/c1-26(2,28(35,36)37)21(40)8-5-15-4-6-18(29)23(24(15)30)19(39)10-14-3-7-20(42-13-22(31)32)17(9-14)25(41)38-16-11-27(33,34)12-16/h3-4,6-7,9,16,22H,5,8,10-13H2,1-2H3,(H,38,41). The zero-order chi connectivity index (χ0) is 31.6. The van der Waals surface area contributed by atoms with Crippen LogP contribution in [0.15, 0.2) is 30.3 Å². The fourth-order valence-electron chi connectivity index (χ4n) is 4.21. The zero-order valence-corrected chi connectivity index (χ0v) is 23.8. The van der Waals surface area contributed by atoms with Gasteiger partial charge in [0.25, 0.3) is 18.3 Å². The number of benzene rings is 2. The molecule has 1 amide bonds. The number of Topliss-reactive ketones (excluding diaryl/α,β-unsaturated/α-hetero) is 2. The van der Waals surface area contributed by atoms with Crippen LogP contribution in [0.25, 0.3) is 0 Å². The largest absolute Gasteiger partial charge is 0.487 e. The minimum atomic E-state index is -4.76. The van der Waals surface area contributed by atoms with Crippen LogP contribution in [-0.2, 0) is 17.6 Å². The number of alkyl halides is 7. The van der Waals surface area contributed by atoms with Crippen molar-refractivity contribution in [3.05, 3.63) is 62.6 Å². The minimum Gasteiger partial charge on any atom is -0.487 e. The average Bonchev–Trinajstić information content (AvgIpc) is 2.85. The van der Waals surface area contributed by atoms with Crippen LogP contribution in [0.5, 0.6) is 5.75 Å². The Morgan fingerprint density at radius 2 is 1.71 bits per heavy atom. The Morgan fingerprint density at radius 1 is 1.07 bits per heavy atom. The molecule has 3 rings (SSSR count). The first-order chi connectivity index (χ1) is 19.3. The minimum absolute atomic E-state index is 0.0727. The molecule has 2 aromatic rings. The van der Waals surface area contributed by atoms with Crippen molar-refractivity contribution < 1.29 is 49.9 Å². The molecule has 5 nitrogen and oxygen atoms in total. The molecule has 0 atom stereocenters. The maximum Gasteiger partial charge on any atom is 0.400 e. The fourth-order valence-corrected chi connectivity index (χ4v) is 4.88. The molecule has 1 aliphatic rings. The molecule has 0 heterocycles. The lowest BCUT2D eigenvalue weighted by Crippen LogP contribution is -2.50. The van der Waals surface area contributed by atoms with Gasteiger partial charge in [0.1, 0.15) is 23.6 Å². The summed E-state index contributed by atoms with van der Waals surface area (Å²) in [6.07, 6.45) is -9.90. The van der Waals surface area contributed by atoms with Crippen LogP contribution in [0.2, 0.25) is 10.0 Å². The summed E-state index contributed by atoms with van der Waals surface area (Å²) in [6, 6.07) is 5.56. The first-order valence-corrected chi connectivity index (χ1v) is 13.4. The van der Waals surface area contributed by atoms with Crippen LogP contribution in [0, 0.1) is 5.41 Å². The van der Waals surface area contributed by atoms with Gasteiger partial charge in [-0.25, -0.2) is 17.6 Å². The predicted molar refractivity (Wildman–Crippen MR) is 141 cm³/mol. The van der Waals surface area contributed by atoms with Crippen LogP contribution in [0.3, 0.4) is 0 Å². The van der Waals surface area contributed by atoms with Crippen LogP contribution in [-0.4, -0.2) is 48.6 Å². The maximum absolute atomic E-state index is 13.2. The van der Waals surface area contributed by atoms with Crippen molar-refractivity contribution in [1.82, 2.24) is 5.32 Å².